The quantitative estimate of drug-likeness (QED) is 0.910. The first-order valence-electron chi connectivity index (χ1n) is 6.84. The highest BCUT2D eigenvalue weighted by Gasteiger charge is 2.32. The van der Waals surface area contributed by atoms with E-state index in [1.165, 1.54) is 16.4 Å². The Morgan fingerprint density at radius 3 is 2.95 bits per heavy atom. The van der Waals surface area contributed by atoms with Crippen LogP contribution in [0.15, 0.2) is 23.1 Å². The number of benzene rings is 1. The lowest BCUT2D eigenvalue weighted by Crippen LogP contribution is -2.42. The van der Waals surface area contributed by atoms with Crippen LogP contribution in [-0.4, -0.2) is 39.4 Å². The van der Waals surface area contributed by atoms with Crippen LogP contribution in [0.2, 0.25) is 0 Å². The van der Waals surface area contributed by atoms with E-state index in [9.17, 15) is 12.8 Å². The lowest BCUT2D eigenvalue weighted by atomic mass is 10.00. The van der Waals surface area contributed by atoms with Crippen molar-refractivity contribution in [1.82, 2.24) is 9.62 Å². The molecule has 1 unspecified atom stereocenters. The molecule has 5 nitrogen and oxygen atoms in total. The maximum Gasteiger partial charge on any atom is 0.244 e. The molecular weight excluding hydrogens is 293 g/mol. The Kier molecular flexibility index (Phi) is 4.93. The van der Waals surface area contributed by atoms with Crippen LogP contribution in [-0.2, 0) is 10.0 Å². The number of hydrogen-bond donors (Lipinski definition) is 1. The molecule has 0 bridgehead atoms. The van der Waals surface area contributed by atoms with Crippen molar-refractivity contribution < 1.29 is 12.8 Å². The Labute approximate surface area is 124 Å². The van der Waals surface area contributed by atoms with Gasteiger partial charge in [0, 0.05) is 13.1 Å². The molecule has 1 fully saturated rings. The summed E-state index contributed by atoms with van der Waals surface area (Å²) < 4.78 is 40.3. The Bertz CT molecular complexity index is 653. The third-order valence-electron chi connectivity index (χ3n) is 3.68. The van der Waals surface area contributed by atoms with Crippen molar-refractivity contribution in [2.45, 2.75) is 17.7 Å². The van der Waals surface area contributed by atoms with E-state index in [4.69, 9.17) is 5.26 Å². The second kappa shape index (κ2) is 6.52. The predicted octanol–water partition coefficient (Wildman–Crippen LogP) is 1.32. The molecule has 2 rings (SSSR count). The van der Waals surface area contributed by atoms with Crippen LogP contribution in [0.25, 0.3) is 0 Å². The number of hydrogen-bond acceptors (Lipinski definition) is 4. The number of halogens is 1. The highest BCUT2D eigenvalue weighted by molar-refractivity contribution is 7.89. The number of nitriles is 1. The van der Waals surface area contributed by atoms with Crippen molar-refractivity contribution in [3.8, 4) is 6.07 Å². The maximum absolute atomic E-state index is 13.6. The van der Waals surface area contributed by atoms with Crippen molar-refractivity contribution in [3.63, 3.8) is 0 Å². The van der Waals surface area contributed by atoms with E-state index in [0.717, 1.165) is 25.5 Å². The average molecular weight is 311 g/mol. The normalized spacial score (nSPS) is 20.1. The first kappa shape index (κ1) is 15.9. The molecule has 1 atom stereocenters. The topological polar surface area (TPSA) is 73.2 Å². The Hall–Kier alpha value is -1.49. The van der Waals surface area contributed by atoms with E-state index in [-0.39, 0.29) is 10.8 Å². The third-order valence-corrected chi connectivity index (χ3v) is 5.59. The zero-order chi connectivity index (χ0) is 15.5. The van der Waals surface area contributed by atoms with Crippen molar-refractivity contribution in [2.75, 3.05) is 26.7 Å². The molecule has 1 saturated heterocycles. The molecule has 0 aliphatic carbocycles. The van der Waals surface area contributed by atoms with Gasteiger partial charge in [0.15, 0.2) is 0 Å². The molecule has 0 spiro atoms. The van der Waals surface area contributed by atoms with Crippen LogP contribution in [0, 0.1) is 23.1 Å². The summed E-state index contributed by atoms with van der Waals surface area (Å²) >= 11 is 0. The van der Waals surface area contributed by atoms with Crippen molar-refractivity contribution in [1.29, 1.82) is 5.26 Å². The number of rotatable bonds is 4. The highest BCUT2D eigenvalue weighted by atomic mass is 32.2. The second-order valence-electron chi connectivity index (χ2n) is 5.15. The summed E-state index contributed by atoms with van der Waals surface area (Å²) in [6.07, 6.45) is 1.73. The number of nitrogens with zero attached hydrogens (tertiary/aromatic N) is 2. The molecule has 0 amide bonds. The summed E-state index contributed by atoms with van der Waals surface area (Å²) in [5, 5.41) is 12.1. The lowest BCUT2D eigenvalue weighted by molar-refractivity contribution is 0.263. The van der Waals surface area contributed by atoms with Gasteiger partial charge in [-0.15, -0.1) is 0 Å². The van der Waals surface area contributed by atoms with Gasteiger partial charge in [0.1, 0.15) is 22.3 Å². The number of piperidine rings is 1. The summed E-state index contributed by atoms with van der Waals surface area (Å²) in [5.41, 5.74) is -0.409. The minimum atomic E-state index is -3.84. The zero-order valence-corrected chi connectivity index (χ0v) is 12.7. The van der Waals surface area contributed by atoms with E-state index in [1.807, 2.05) is 7.05 Å². The van der Waals surface area contributed by atoms with Crippen LogP contribution < -0.4 is 5.32 Å². The second-order valence-corrected chi connectivity index (χ2v) is 7.06. The minimum absolute atomic E-state index is 0.234. The summed E-state index contributed by atoms with van der Waals surface area (Å²) in [4.78, 5) is -0.241. The molecular formula is C14H18FN3O2S. The summed E-state index contributed by atoms with van der Waals surface area (Å²) in [6, 6.07) is 5.35. The number of sulfonamides is 1. The minimum Gasteiger partial charge on any atom is -0.319 e. The molecule has 21 heavy (non-hydrogen) atoms. The third kappa shape index (κ3) is 3.23. The summed E-state index contributed by atoms with van der Waals surface area (Å²) in [5.74, 6) is -0.569. The van der Waals surface area contributed by atoms with Gasteiger partial charge in [0.2, 0.25) is 10.0 Å². The van der Waals surface area contributed by atoms with Gasteiger partial charge < -0.3 is 5.32 Å². The Morgan fingerprint density at radius 1 is 1.52 bits per heavy atom. The predicted molar refractivity (Wildman–Crippen MR) is 76.5 cm³/mol. The number of nitrogens with one attached hydrogen (secondary N) is 1. The van der Waals surface area contributed by atoms with Crippen LogP contribution >= 0.6 is 0 Å². The Morgan fingerprint density at radius 2 is 2.29 bits per heavy atom. The van der Waals surface area contributed by atoms with Crippen LogP contribution in [0.3, 0.4) is 0 Å². The van der Waals surface area contributed by atoms with E-state index in [0.29, 0.717) is 13.1 Å². The van der Waals surface area contributed by atoms with Gasteiger partial charge in [-0.3, -0.25) is 0 Å². The van der Waals surface area contributed by atoms with Gasteiger partial charge in [0.05, 0.1) is 0 Å². The fourth-order valence-corrected chi connectivity index (χ4v) is 4.37. The molecule has 114 valence electrons. The van der Waals surface area contributed by atoms with Crippen molar-refractivity contribution >= 4 is 10.0 Å². The van der Waals surface area contributed by atoms with Gasteiger partial charge in [-0.1, -0.05) is 6.07 Å². The molecule has 7 heteroatoms. The molecule has 1 N–H and O–H groups in total. The van der Waals surface area contributed by atoms with E-state index >= 15 is 0 Å². The first-order valence-corrected chi connectivity index (χ1v) is 8.28. The molecule has 1 aromatic rings. The highest BCUT2D eigenvalue weighted by Crippen LogP contribution is 2.26. The lowest BCUT2D eigenvalue weighted by Gasteiger charge is -2.32. The van der Waals surface area contributed by atoms with Crippen molar-refractivity contribution in [2.24, 2.45) is 5.92 Å². The van der Waals surface area contributed by atoms with E-state index in [2.05, 4.69) is 5.32 Å². The van der Waals surface area contributed by atoms with Crippen molar-refractivity contribution in [3.05, 3.63) is 29.6 Å². The van der Waals surface area contributed by atoms with Crippen LogP contribution in [0.1, 0.15) is 18.4 Å². The fourth-order valence-electron chi connectivity index (χ4n) is 2.67. The maximum atomic E-state index is 13.6. The molecule has 1 heterocycles. The van der Waals surface area contributed by atoms with E-state index < -0.39 is 21.4 Å². The van der Waals surface area contributed by atoms with Gasteiger partial charge >= 0.3 is 0 Å². The SMILES string of the molecule is CNCC1CCCN(S(=O)(=O)c2cccc(F)c2C#N)C1. The van der Waals surface area contributed by atoms with Crippen LogP contribution in [0.4, 0.5) is 4.39 Å². The smallest absolute Gasteiger partial charge is 0.244 e. The van der Waals surface area contributed by atoms with Gasteiger partial charge in [0.25, 0.3) is 0 Å². The first-order chi connectivity index (χ1) is 10.0. The molecule has 0 radical (unpaired) electrons. The molecule has 1 aliphatic heterocycles. The summed E-state index contributed by atoms with van der Waals surface area (Å²) in [6.45, 7) is 1.54. The largest absolute Gasteiger partial charge is 0.319 e. The molecule has 0 saturated carbocycles. The van der Waals surface area contributed by atoms with Gasteiger partial charge in [-0.05, 0) is 44.5 Å². The molecule has 1 aromatic carbocycles. The van der Waals surface area contributed by atoms with E-state index in [1.54, 1.807) is 6.07 Å². The molecule has 0 aromatic heterocycles. The zero-order valence-electron chi connectivity index (χ0n) is 11.8. The summed E-state index contributed by atoms with van der Waals surface area (Å²) in [7, 11) is -2.01. The fraction of sp³-hybridized carbons (Fsp3) is 0.500. The average Bonchev–Trinajstić information content (AvgIpc) is 2.47. The Balaban J connectivity index is 2.34. The standard InChI is InChI=1S/C14H18FN3O2S/c1-17-9-11-4-3-7-18(10-11)21(19,20)14-6-2-5-13(15)12(14)8-16/h2,5-6,11,17H,3-4,7,9-10H2,1H3. The monoisotopic (exact) mass is 311 g/mol. The molecule has 1 aliphatic rings. The van der Waals surface area contributed by atoms with Gasteiger partial charge in [-0.25, -0.2) is 12.8 Å². The van der Waals surface area contributed by atoms with Gasteiger partial charge in [-0.2, -0.15) is 9.57 Å². The van der Waals surface area contributed by atoms with Crippen LogP contribution in [0.5, 0.6) is 0 Å².